The van der Waals surface area contributed by atoms with Gasteiger partial charge >= 0.3 is 0 Å². The predicted octanol–water partition coefficient (Wildman–Crippen LogP) is 2.60. The molecule has 0 atom stereocenters. The number of rotatable bonds is 3. The van der Waals surface area contributed by atoms with Crippen molar-refractivity contribution in [2.45, 2.75) is 13.5 Å². The Morgan fingerprint density at radius 2 is 2.00 bits per heavy atom. The topological polar surface area (TPSA) is 78.4 Å². The van der Waals surface area contributed by atoms with Crippen LogP contribution in [0.1, 0.15) is 21.9 Å². The lowest BCUT2D eigenvalue weighted by molar-refractivity contribution is -0.115. The number of hydrogen-bond acceptors (Lipinski definition) is 5. The van der Waals surface area contributed by atoms with E-state index in [2.05, 4.69) is 15.3 Å². The van der Waals surface area contributed by atoms with Crippen LogP contribution in [0.3, 0.4) is 0 Å². The molecule has 0 fully saturated rings. The Bertz CT molecular complexity index is 1100. The van der Waals surface area contributed by atoms with Crippen LogP contribution in [0.25, 0.3) is 10.9 Å². The molecule has 3 aromatic rings. The summed E-state index contributed by atoms with van der Waals surface area (Å²) in [7, 11) is 3.57. The van der Waals surface area contributed by atoms with Gasteiger partial charge in [0.15, 0.2) is 0 Å². The van der Waals surface area contributed by atoms with Crippen LogP contribution in [-0.2, 0) is 11.3 Å². The van der Waals surface area contributed by atoms with E-state index in [0.29, 0.717) is 30.2 Å². The van der Waals surface area contributed by atoms with Gasteiger partial charge in [0, 0.05) is 30.7 Å². The lowest BCUT2D eigenvalue weighted by atomic mass is 10.1. The van der Waals surface area contributed by atoms with Gasteiger partial charge in [0.05, 0.1) is 30.0 Å². The molecule has 0 unspecified atom stereocenters. The number of likely N-dealkylation sites (N-methyl/N-ethyl adjacent to an activating group) is 1. The minimum absolute atomic E-state index is 0.0898. The highest BCUT2D eigenvalue weighted by Gasteiger charge is 2.22. The van der Waals surface area contributed by atoms with Gasteiger partial charge in [0.25, 0.3) is 5.91 Å². The third-order valence-corrected chi connectivity index (χ3v) is 4.88. The zero-order chi connectivity index (χ0) is 19.8. The van der Waals surface area contributed by atoms with Crippen LogP contribution in [0, 0.1) is 6.92 Å². The van der Waals surface area contributed by atoms with Gasteiger partial charge < -0.3 is 15.1 Å². The van der Waals surface area contributed by atoms with Crippen molar-refractivity contribution in [3.8, 4) is 0 Å². The zero-order valence-electron chi connectivity index (χ0n) is 16.1. The van der Waals surface area contributed by atoms with E-state index in [1.165, 1.54) is 0 Å². The Balaban J connectivity index is 1.57. The van der Waals surface area contributed by atoms with Crippen LogP contribution in [0.15, 0.2) is 42.5 Å². The fourth-order valence-electron chi connectivity index (χ4n) is 3.46. The molecule has 0 aliphatic carbocycles. The first kappa shape index (κ1) is 17.9. The molecular formula is C21H21N5O2. The highest BCUT2D eigenvalue weighted by atomic mass is 16.2. The Morgan fingerprint density at radius 3 is 2.82 bits per heavy atom. The molecule has 0 radical (unpaired) electrons. The molecule has 7 nitrogen and oxygen atoms in total. The van der Waals surface area contributed by atoms with E-state index in [9.17, 15) is 9.59 Å². The number of aromatic nitrogens is 2. The van der Waals surface area contributed by atoms with E-state index in [1.807, 2.05) is 49.2 Å². The number of benzene rings is 2. The third-order valence-electron chi connectivity index (χ3n) is 4.88. The van der Waals surface area contributed by atoms with Crippen LogP contribution in [0.4, 0.5) is 11.4 Å². The van der Waals surface area contributed by atoms with E-state index in [-0.39, 0.29) is 11.8 Å². The molecule has 7 heteroatoms. The molecule has 28 heavy (non-hydrogen) atoms. The Kier molecular flexibility index (Phi) is 4.43. The van der Waals surface area contributed by atoms with Crippen molar-refractivity contribution < 1.29 is 9.59 Å². The van der Waals surface area contributed by atoms with Crippen molar-refractivity contribution in [3.63, 3.8) is 0 Å². The normalized spacial score (nSPS) is 13.2. The monoisotopic (exact) mass is 375 g/mol. The number of carbonyl (C=O) groups excluding carboxylic acids is 2. The molecule has 2 amide bonds. The summed E-state index contributed by atoms with van der Waals surface area (Å²) in [6, 6.07) is 13.2. The third kappa shape index (κ3) is 3.26. The maximum absolute atomic E-state index is 12.9. The van der Waals surface area contributed by atoms with E-state index in [0.717, 1.165) is 22.3 Å². The molecule has 4 rings (SSSR count). The molecule has 0 saturated heterocycles. The van der Waals surface area contributed by atoms with Crippen molar-refractivity contribution in [1.82, 2.24) is 14.9 Å². The summed E-state index contributed by atoms with van der Waals surface area (Å²) >= 11 is 0. The molecule has 0 bridgehead atoms. The first-order valence-corrected chi connectivity index (χ1v) is 9.05. The molecule has 142 valence electrons. The Labute approximate surface area is 163 Å². The average molecular weight is 375 g/mol. The van der Waals surface area contributed by atoms with E-state index in [4.69, 9.17) is 0 Å². The van der Waals surface area contributed by atoms with E-state index in [1.54, 1.807) is 24.1 Å². The number of anilines is 2. The second kappa shape index (κ2) is 6.92. The van der Waals surface area contributed by atoms with Gasteiger partial charge in [0.2, 0.25) is 5.91 Å². The summed E-state index contributed by atoms with van der Waals surface area (Å²) in [6.07, 6.45) is 0. The smallest absolute Gasteiger partial charge is 0.254 e. The number of carbonyl (C=O) groups is 2. The number of fused-ring (bicyclic) bond motifs is 2. The van der Waals surface area contributed by atoms with Crippen molar-refractivity contribution >= 4 is 34.1 Å². The highest BCUT2D eigenvalue weighted by Crippen LogP contribution is 2.29. The molecule has 2 heterocycles. The summed E-state index contributed by atoms with van der Waals surface area (Å²) < 4.78 is 0. The van der Waals surface area contributed by atoms with Gasteiger partial charge in [-0.25, -0.2) is 9.97 Å². The molecule has 1 aromatic heterocycles. The van der Waals surface area contributed by atoms with Gasteiger partial charge in [-0.05, 0) is 31.2 Å². The second-order valence-electron chi connectivity index (χ2n) is 7.04. The predicted molar refractivity (Wildman–Crippen MR) is 108 cm³/mol. The fourth-order valence-corrected chi connectivity index (χ4v) is 3.46. The van der Waals surface area contributed by atoms with Gasteiger partial charge in [-0.1, -0.05) is 18.2 Å². The highest BCUT2D eigenvalue weighted by molar-refractivity contribution is 6.03. The number of aryl methyl sites for hydroxylation is 1. The Hall–Kier alpha value is -3.48. The molecule has 1 aliphatic rings. The van der Waals surface area contributed by atoms with Crippen LogP contribution in [-0.4, -0.2) is 47.3 Å². The van der Waals surface area contributed by atoms with E-state index >= 15 is 0 Å². The van der Waals surface area contributed by atoms with Gasteiger partial charge in [-0.15, -0.1) is 0 Å². The van der Waals surface area contributed by atoms with Crippen molar-refractivity contribution in [3.05, 3.63) is 59.5 Å². The Morgan fingerprint density at radius 1 is 1.21 bits per heavy atom. The number of amides is 2. The van der Waals surface area contributed by atoms with E-state index < -0.39 is 0 Å². The minimum atomic E-state index is -0.153. The summed E-state index contributed by atoms with van der Waals surface area (Å²) in [5, 5.41) is 3.83. The lowest BCUT2D eigenvalue weighted by Crippen LogP contribution is -2.35. The van der Waals surface area contributed by atoms with Crippen LogP contribution < -0.4 is 10.2 Å². The van der Waals surface area contributed by atoms with Crippen LogP contribution in [0.5, 0.6) is 0 Å². The summed E-state index contributed by atoms with van der Waals surface area (Å²) in [4.78, 5) is 37.2. The fraction of sp³-hybridized carbons (Fsp3) is 0.238. The second-order valence-corrected chi connectivity index (χ2v) is 7.04. The summed E-state index contributed by atoms with van der Waals surface area (Å²) in [5.74, 6) is 0.353. The molecule has 0 saturated carbocycles. The summed E-state index contributed by atoms with van der Waals surface area (Å²) in [5.41, 5.74) is 3.81. The molecule has 1 N–H and O–H groups in total. The maximum atomic E-state index is 12.9. The van der Waals surface area contributed by atoms with Crippen molar-refractivity contribution in [1.29, 1.82) is 0 Å². The summed E-state index contributed by atoms with van der Waals surface area (Å²) in [6.45, 7) is 2.55. The van der Waals surface area contributed by atoms with Crippen LogP contribution in [0.2, 0.25) is 0 Å². The largest absolute Gasteiger partial charge is 0.364 e. The first-order valence-electron chi connectivity index (χ1n) is 9.05. The number of nitrogens with zero attached hydrogens (tertiary/aromatic N) is 4. The SMILES string of the molecule is Cc1nc(CN(C)C(=O)c2ccc3c(c2)NC(=O)CN3C)nc2ccccc12. The van der Waals surface area contributed by atoms with Gasteiger partial charge in [0.1, 0.15) is 5.82 Å². The lowest BCUT2D eigenvalue weighted by Gasteiger charge is -2.28. The molecule has 2 aromatic carbocycles. The number of para-hydroxylation sites is 1. The zero-order valence-corrected chi connectivity index (χ0v) is 16.1. The molecular weight excluding hydrogens is 354 g/mol. The van der Waals surface area contributed by atoms with Crippen LogP contribution >= 0.6 is 0 Å². The first-order chi connectivity index (χ1) is 13.4. The van der Waals surface area contributed by atoms with Gasteiger partial charge in [-0.3, -0.25) is 9.59 Å². The minimum Gasteiger partial charge on any atom is -0.364 e. The molecule has 1 aliphatic heterocycles. The molecule has 0 spiro atoms. The number of hydrogen-bond donors (Lipinski definition) is 1. The van der Waals surface area contributed by atoms with Gasteiger partial charge in [-0.2, -0.15) is 0 Å². The van der Waals surface area contributed by atoms with Crippen molar-refractivity contribution in [2.75, 3.05) is 30.9 Å². The number of nitrogens with one attached hydrogen (secondary N) is 1. The average Bonchev–Trinajstić information content (AvgIpc) is 2.66. The standard InChI is InChI=1S/C21H21N5O2/c1-13-15-6-4-5-7-16(15)23-19(22-13)11-26(3)21(28)14-8-9-18-17(10-14)24-20(27)12-25(18)2/h4-10H,11-12H2,1-3H3,(H,24,27). The van der Waals surface area contributed by atoms with Crippen molar-refractivity contribution in [2.24, 2.45) is 0 Å². The maximum Gasteiger partial charge on any atom is 0.254 e. The quantitative estimate of drug-likeness (QED) is 0.761.